The van der Waals surface area contributed by atoms with E-state index in [1.165, 1.54) is 0 Å². The molecular formula is C17H15BrO2. The molecule has 2 nitrogen and oxygen atoms in total. The molecule has 0 bridgehead atoms. The van der Waals surface area contributed by atoms with Crippen LogP contribution in [0.4, 0.5) is 0 Å². The minimum absolute atomic E-state index is 0.0406. The van der Waals surface area contributed by atoms with Crippen LogP contribution >= 0.6 is 15.9 Å². The molecule has 0 fully saturated rings. The molecule has 1 aliphatic rings. The van der Waals surface area contributed by atoms with Gasteiger partial charge in [-0.05, 0) is 49.7 Å². The molecule has 0 saturated heterocycles. The normalized spacial score (nSPS) is 15.6. The second kappa shape index (κ2) is 4.74. The fourth-order valence-corrected chi connectivity index (χ4v) is 2.95. The number of benzene rings is 2. The SMILES string of the molecule is CC1(C)Cc2cc(C(=O)c3cccc(Br)c3)ccc2O1. The summed E-state index contributed by atoms with van der Waals surface area (Å²) in [6.07, 6.45) is 0.835. The Morgan fingerprint density at radius 1 is 1.15 bits per heavy atom. The van der Waals surface area contributed by atoms with Gasteiger partial charge in [0.05, 0.1) is 0 Å². The van der Waals surface area contributed by atoms with Crippen molar-refractivity contribution in [2.75, 3.05) is 0 Å². The van der Waals surface area contributed by atoms with Gasteiger partial charge in [-0.1, -0.05) is 28.1 Å². The topological polar surface area (TPSA) is 26.3 Å². The third-order valence-electron chi connectivity index (χ3n) is 3.41. The molecule has 0 N–H and O–H groups in total. The van der Waals surface area contributed by atoms with Gasteiger partial charge < -0.3 is 4.74 Å². The van der Waals surface area contributed by atoms with Crippen molar-refractivity contribution in [1.29, 1.82) is 0 Å². The van der Waals surface area contributed by atoms with Crippen molar-refractivity contribution in [2.24, 2.45) is 0 Å². The molecule has 3 heteroatoms. The van der Waals surface area contributed by atoms with E-state index in [0.29, 0.717) is 11.1 Å². The van der Waals surface area contributed by atoms with Gasteiger partial charge in [-0.25, -0.2) is 0 Å². The Morgan fingerprint density at radius 2 is 1.90 bits per heavy atom. The van der Waals surface area contributed by atoms with Crippen LogP contribution in [-0.4, -0.2) is 11.4 Å². The third-order valence-corrected chi connectivity index (χ3v) is 3.91. The van der Waals surface area contributed by atoms with Crippen molar-refractivity contribution in [3.63, 3.8) is 0 Å². The van der Waals surface area contributed by atoms with E-state index in [-0.39, 0.29) is 11.4 Å². The van der Waals surface area contributed by atoms with Crippen LogP contribution in [0.3, 0.4) is 0 Å². The van der Waals surface area contributed by atoms with E-state index in [9.17, 15) is 4.79 Å². The summed E-state index contributed by atoms with van der Waals surface area (Å²) in [5.41, 5.74) is 2.33. The Hall–Kier alpha value is -1.61. The maximum absolute atomic E-state index is 12.5. The first-order valence-corrected chi connectivity index (χ1v) is 7.36. The average molecular weight is 331 g/mol. The Bertz CT molecular complexity index is 689. The number of hydrogen-bond acceptors (Lipinski definition) is 2. The molecule has 0 aliphatic carbocycles. The van der Waals surface area contributed by atoms with Gasteiger partial charge in [0.15, 0.2) is 5.78 Å². The van der Waals surface area contributed by atoms with E-state index in [4.69, 9.17) is 4.74 Å². The van der Waals surface area contributed by atoms with Gasteiger partial charge >= 0.3 is 0 Å². The highest BCUT2D eigenvalue weighted by Gasteiger charge is 2.30. The van der Waals surface area contributed by atoms with E-state index in [2.05, 4.69) is 29.8 Å². The molecule has 2 aromatic rings. The Balaban J connectivity index is 1.95. The highest BCUT2D eigenvalue weighted by molar-refractivity contribution is 9.10. The first kappa shape index (κ1) is 13.4. The van der Waals surface area contributed by atoms with E-state index >= 15 is 0 Å². The molecule has 2 aromatic carbocycles. The van der Waals surface area contributed by atoms with Crippen LogP contribution in [0.1, 0.15) is 35.3 Å². The van der Waals surface area contributed by atoms with Crippen LogP contribution in [0.25, 0.3) is 0 Å². The monoisotopic (exact) mass is 330 g/mol. The summed E-state index contributed by atoms with van der Waals surface area (Å²) in [6, 6.07) is 13.1. The lowest BCUT2D eigenvalue weighted by Crippen LogP contribution is -2.24. The highest BCUT2D eigenvalue weighted by Crippen LogP contribution is 2.35. The quantitative estimate of drug-likeness (QED) is 0.763. The number of fused-ring (bicyclic) bond motifs is 1. The van der Waals surface area contributed by atoms with Gasteiger partial charge in [-0.2, -0.15) is 0 Å². The standard InChI is InChI=1S/C17H15BrO2/c1-17(2)10-13-8-12(6-7-15(13)20-17)16(19)11-4-3-5-14(18)9-11/h3-9H,10H2,1-2H3. The van der Waals surface area contributed by atoms with Crippen molar-refractivity contribution >= 4 is 21.7 Å². The van der Waals surface area contributed by atoms with Gasteiger partial charge in [0.25, 0.3) is 0 Å². The summed E-state index contributed by atoms with van der Waals surface area (Å²) in [5, 5.41) is 0. The van der Waals surface area contributed by atoms with E-state index in [1.54, 1.807) is 0 Å². The Kier molecular flexibility index (Phi) is 3.17. The molecule has 0 radical (unpaired) electrons. The Morgan fingerprint density at radius 3 is 2.65 bits per heavy atom. The third kappa shape index (κ3) is 2.50. The van der Waals surface area contributed by atoms with Crippen LogP contribution in [-0.2, 0) is 6.42 Å². The number of rotatable bonds is 2. The van der Waals surface area contributed by atoms with Crippen molar-refractivity contribution < 1.29 is 9.53 Å². The minimum Gasteiger partial charge on any atom is -0.487 e. The molecule has 0 amide bonds. The molecule has 3 rings (SSSR count). The highest BCUT2D eigenvalue weighted by atomic mass is 79.9. The zero-order valence-electron chi connectivity index (χ0n) is 11.4. The molecular weight excluding hydrogens is 316 g/mol. The lowest BCUT2D eigenvalue weighted by atomic mass is 9.97. The van der Waals surface area contributed by atoms with E-state index in [1.807, 2.05) is 42.5 Å². The number of hydrogen-bond donors (Lipinski definition) is 0. The van der Waals surface area contributed by atoms with Gasteiger partial charge in [0, 0.05) is 22.0 Å². The van der Waals surface area contributed by atoms with Crippen LogP contribution in [0, 0.1) is 0 Å². The number of ketones is 1. The molecule has 0 spiro atoms. The summed E-state index contributed by atoms with van der Waals surface area (Å²) in [7, 11) is 0. The van der Waals surface area contributed by atoms with Crippen molar-refractivity contribution in [2.45, 2.75) is 25.9 Å². The first-order chi connectivity index (χ1) is 9.44. The second-order valence-corrected chi connectivity index (χ2v) is 6.62. The minimum atomic E-state index is -0.181. The molecule has 0 unspecified atom stereocenters. The van der Waals surface area contributed by atoms with Gasteiger partial charge in [-0.3, -0.25) is 4.79 Å². The Labute approximate surface area is 126 Å². The van der Waals surface area contributed by atoms with E-state index in [0.717, 1.165) is 22.2 Å². The molecule has 20 heavy (non-hydrogen) atoms. The van der Waals surface area contributed by atoms with Crippen LogP contribution in [0.2, 0.25) is 0 Å². The number of ether oxygens (including phenoxy) is 1. The smallest absolute Gasteiger partial charge is 0.193 e. The number of carbonyl (C=O) groups is 1. The van der Waals surface area contributed by atoms with Gasteiger partial charge in [0.2, 0.25) is 0 Å². The lowest BCUT2D eigenvalue weighted by molar-refractivity contribution is 0.103. The number of halogens is 1. The van der Waals surface area contributed by atoms with Crippen LogP contribution < -0.4 is 4.74 Å². The summed E-state index contributed by atoms with van der Waals surface area (Å²) < 4.78 is 6.75. The van der Waals surface area contributed by atoms with Crippen molar-refractivity contribution in [1.82, 2.24) is 0 Å². The predicted octanol–water partition coefficient (Wildman–Crippen LogP) is 4.39. The van der Waals surface area contributed by atoms with Crippen molar-refractivity contribution in [3.8, 4) is 5.75 Å². The summed E-state index contributed by atoms with van der Waals surface area (Å²) in [4.78, 5) is 12.5. The van der Waals surface area contributed by atoms with E-state index < -0.39 is 0 Å². The summed E-state index contributed by atoms with van der Waals surface area (Å²) >= 11 is 3.40. The summed E-state index contributed by atoms with van der Waals surface area (Å²) in [5.74, 6) is 0.930. The van der Waals surface area contributed by atoms with Crippen molar-refractivity contribution in [3.05, 3.63) is 63.6 Å². The van der Waals surface area contributed by atoms with Crippen LogP contribution in [0.15, 0.2) is 46.9 Å². The fraction of sp³-hybridized carbons (Fsp3) is 0.235. The molecule has 0 atom stereocenters. The van der Waals surface area contributed by atoms with Gasteiger partial charge in [-0.15, -0.1) is 0 Å². The fourth-order valence-electron chi connectivity index (χ4n) is 2.55. The first-order valence-electron chi connectivity index (χ1n) is 6.57. The van der Waals surface area contributed by atoms with Gasteiger partial charge in [0.1, 0.15) is 11.4 Å². The predicted molar refractivity (Wildman–Crippen MR) is 82.4 cm³/mol. The lowest BCUT2D eigenvalue weighted by Gasteiger charge is -2.16. The zero-order chi connectivity index (χ0) is 14.3. The molecule has 0 saturated carbocycles. The average Bonchev–Trinajstić information content (AvgIpc) is 2.70. The molecule has 1 aliphatic heterocycles. The zero-order valence-corrected chi connectivity index (χ0v) is 13.0. The maximum Gasteiger partial charge on any atom is 0.193 e. The molecule has 102 valence electrons. The number of carbonyl (C=O) groups excluding carboxylic acids is 1. The second-order valence-electron chi connectivity index (χ2n) is 5.70. The summed E-state index contributed by atoms with van der Waals surface area (Å²) in [6.45, 7) is 4.12. The largest absolute Gasteiger partial charge is 0.487 e. The molecule has 1 heterocycles. The van der Waals surface area contributed by atoms with Crippen LogP contribution in [0.5, 0.6) is 5.75 Å². The maximum atomic E-state index is 12.5. The molecule has 0 aromatic heterocycles.